The molecule has 0 radical (unpaired) electrons. The fraction of sp³-hybridized carbons (Fsp3) is 0.533. The van der Waals surface area contributed by atoms with Crippen LogP contribution in [0.5, 0.6) is 0 Å². The lowest BCUT2D eigenvalue weighted by molar-refractivity contribution is -0.148. The van der Waals surface area contributed by atoms with Crippen molar-refractivity contribution in [1.29, 1.82) is 0 Å². The normalized spacial score (nSPS) is 32.0. The SMILES string of the molecule is O=C(C1Nc2ccccc2S(=O)(=O)N1)N1CCOC2(CCS(=O)(=O)C2)C1. The second kappa shape index (κ2) is 5.91. The van der Waals surface area contributed by atoms with Gasteiger partial charge < -0.3 is 15.0 Å². The molecule has 2 fully saturated rings. The van der Waals surface area contributed by atoms with Crippen molar-refractivity contribution in [2.45, 2.75) is 23.1 Å². The molecule has 3 aliphatic rings. The van der Waals surface area contributed by atoms with E-state index in [0.717, 1.165) is 0 Å². The van der Waals surface area contributed by atoms with Gasteiger partial charge in [0.05, 0.1) is 30.3 Å². The van der Waals surface area contributed by atoms with Gasteiger partial charge in [0.2, 0.25) is 10.0 Å². The third-order valence-electron chi connectivity index (χ3n) is 4.91. The predicted octanol–water partition coefficient (Wildman–Crippen LogP) is -0.867. The third kappa shape index (κ3) is 3.08. The number of anilines is 1. The molecule has 26 heavy (non-hydrogen) atoms. The number of para-hydroxylation sites is 1. The van der Waals surface area contributed by atoms with Crippen molar-refractivity contribution in [2.75, 3.05) is 36.5 Å². The lowest BCUT2D eigenvalue weighted by Crippen LogP contribution is -2.61. The number of benzene rings is 1. The average Bonchev–Trinajstić information content (AvgIpc) is 2.87. The first-order chi connectivity index (χ1) is 12.2. The summed E-state index contributed by atoms with van der Waals surface area (Å²) < 4.78 is 56.4. The Hall–Kier alpha value is -1.69. The third-order valence-corrected chi connectivity index (χ3v) is 8.18. The van der Waals surface area contributed by atoms with Crippen LogP contribution in [-0.2, 0) is 29.4 Å². The van der Waals surface area contributed by atoms with Crippen molar-refractivity contribution in [3.8, 4) is 0 Å². The molecule has 4 rings (SSSR count). The van der Waals surface area contributed by atoms with Crippen molar-refractivity contribution in [1.82, 2.24) is 9.62 Å². The molecule has 2 saturated heterocycles. The smallest absolute Gasteiger partial charge is 0.261 e. The Labute approximate surface area is 151 Å². The van der Waals surface area contributed by atoms with Crippen LogP contribution in [0.3, 0.4) is 0 Å². The minimum absolute atomic E-state index is 0.0384. The molecule has 11 heteroatoms. The first kappa shape index (κ1) is 17.7. The maximum atomic E-state index is 12.9. The summed E-state index contributed by atoms with van der Waals surface area (Å²) in [6.07, 6.45) is -0.797. The van der Waals surface area contributed by atoms with Crippen molar-refractivity contribution in [2.24, 2.45) is 0 Å². The molecule has 142 valence electrons. The molecule has 0 aromatic heterocycles. The van der Waals surface area contributed by atoms with Gasteiger partial charge in [-0.25, -0.2) is 16.8 Å². The number of sulfone groups is 1. The number of sulfonamides is 1. The van der Waals surface area contributed by atoms with Crippen LogP contribution in [0.2, 0.25) is 0 Å². The van der Waals surface area contributed by atoms with Crippen LogP contribution >= 0.6 is 0 Å². The van der Waals surface area contributed by atoms with Crippen LogP contribution in [0.4, 0.5) is 5.69 Å². The van der Waals surface area contributed by atoms with E-state index in [9.17, 15) is 21.6 Å². The Balaban J connectivity index is 1.55. The summed E-state index contributed by atoms with van der Waals surface area (Å²) >= 11 is 0. The number of hydrogen-bond acceptors (Lipinski definition) is 7. The lowest BCUT2D eigenvalue weighted by atomic mass is 10.0. The van der Waals surface area contributed by atoms with Gasteiger partial charge in [-0.05, 0) is 18.6 Å². The first-order valence-electron chi connectivity index (χ1n) is 8.21. The summed E-state index contributed by atoms with van der Waals surface area (Å²) in [4.78, 5) is 14.4. The number of hydrogen-bond donors (Lipinski definition) is 2. The largest absolute Gasteiger partial charge is 0.370 e. The van der Waals surface area contributed by atoms with Crippen molar-refractivity contribution in [3.63, 3.8) is 0 Å². The quantitative estimate of drug-likeness (QED) is 0.627. The maximum absolute atomic E-state index is 12.9. The van der Waals surface area contributed by atoms with Crippen LogP contribution < -0.4 is 10.0 Å². The Morgan fingerprint density at radius 3 is 2.73 bits per heavy atom. The fourth-order valence-electron chi connectivity index (χ4n) is 3.68. The van der Waals surface area contributed by atoms with E-state index in [2.05, 4.69) is 10.0 Å². The summed E-state index contributed by atoms with van der Waals surface area (Å²) in [6.45, 7) is 0.631. The number of nitrogens with zero attached hydrogens (tertiary/aromatic N) is 1. The topological polar surface area (TPSA) is 122 Å². The highest BCUT2D eigenvalue weighted by Crippen LogP contribution is 2.32. The number of morpholine rings is 1. The molecule has 2 atom stereocenters. The summed E-state index contributed by atoms with van der Waals surface area (Å²) in [7, 11) is -6.99. The molecule has 2 unspecified atom stereocenters. The van der Waals surface area contributed by atoms with Gasteiger partial charge in [-0.3, -0.25) is 4.79 Å². The molecule has 1 aromatic rings. The summed E-state index contributed by atoms with van der Waals surface area (Å²) in [5.74, 6) is -0.525. The van der Waals surface area contributed by atoms with Gasteiger partial charge >= 0.3 is 0 Å². The van der Waals surface area contributed by atoms with E-state index in [1.165, 1.54) is 11.0 Å². The highest BCUT2D eigenvalue weighted by Gasteiger charge is 2.48. The molecule has 1 aromatic carbocycles. The number of rotatable bonds is 1. The molecular formula is C15H19N3O6S2. The summed E-state index contributed by atoms with van der Waals surface area (Å²) in [5, 5.41) is 2.90. The van der Waals surface area contributed by atoms with Gasteiger partial charge in [0, 0.05) is 6.54 Å². The number of carbonyl (C=O) groups is 1. The van der Waals surface area contributed by atoms with Crippen LogP contribution in [0.1, 0.15) is 6.42 Å². The standard InChI is InChI=1S/C15H19N3O6S2/c19-14(13-16-11-3-1-2-4-12(11)26(22,23)17-13)18-6-7-24-15(9-18)5-8-25(20,21)10-15/h1-4,13,16-17H,5-10H2. The zero-order valence-electron chi connectivity index (χ0n) is 13.8. The van der Waals surface area contributed by atoms with Gasteiger partial charge in [0.15, 0.2) is 16.0 Å². The van der Waals surface area contributed by atoms with Crippen LogP contribution in [0.25, 0.3) is 0 Å². The maximum Gasteiger partial charge on any atom is 0.261 e. The predicted molar refractivity (Wildman–Crippen MR) is 92.7 cm³/mol. The monoisotopic (exact) mass is 401 g/mol. The Morgan fingerprint density at radius 1 is 1.23 bits per heavy atom. The summed E-state index contributed by atoms with van der Waals surface area (Å²) in [6, 6.07) is 6.34. The molecule has 1 amide bonds. The molecule has 3 heterocycles. The highest BCUT2D eigenvalue weighted by molar-refractivity contribution is 7.91. The molecular weight excluding hydrogens is 382 g/mol. The average molecular weight is 401 g/mol. The van der Waals surface area contributed by atoms with Crippen LogP contribution in [-0.4, -0.2) is 70.6 Å². The molecule has 2 N–H and O–H groups in total. The van der Waals surface area contributed by atoms with E-state index in [1.54, 1.807) is 18.2 Å². The van der Waals surface area contributed by atoms with E-state index in [-0.39, 0.29) is 36.1 Å². The second-order valence-corrected chi connectivity index (χ2v) is 10.7. The number of fused-ring (bicyclic) bond motifs is 1. The van der Waals surface area contributed by atoms with E-state index in [0.29, 0.717) is 12.1 Å². The van der Waals surface area contributed by atoms with E-state index >= 15 is 0 Å². The van der Waals surface area contributed by atoms with Crippen LogP contribution in [0, 0.1) is 0 Å². The first-order valence-corrected chi connectivity index (χ1v) is 11.5. The minimum atomic E-state index is -3.81. The number of amides is 1. The lowest BCUT2D eigenvalue weighted by Gasteiger charge is -2.41. The van der Waals surface area contributed by atoms with E-state index in [1.807, 2.05) is 0 Å². The number of ether oxygens (including phenoxy) is 1. The zero-order chi connectivity index (χ0) is 18.6. The molecule has 3 aliphatic heterocycles. The zero-order valence-corrected chi connectivity index (χ0v) is 15.5. The fourth-order valence-corrected chi connectivity index (χ4v) is 6.90. The molecule has 0 aliphatic carbocycles. The number of nitrogens with one attached hydrogen (secondary N) is 2. The molecule has 9 nitrogen and oxygen atoms in total. The van der Waals surface area contributed by atoms with Crippen molar-refractivity contribution < 1.29 is 26.4 Å². The molecule has 0 saturated carbocycles. The van der Waals surface area contributed by atoms with Gasteiger partial charge in [-0.1, -0.05) is 12.1 Å². The van der Waals surface area contributed by atoms with Crippen molar-refractivity contribution in [3.05, 3.63) is 24.3 Å². The number of carbonyl (C=O) groups excluding carboxylic acids is 1. The molecule has 1 spiro atoms. The highest BCUT2D eigenvalue weighted by atomic mass is 32.2. The van der Waals surface area contributed by atoms with Crippen LogP contribution in [0.15, 0.2) is 29.2 Å². The Morgan fingerprint density at radius 2 is 2.00 bits per heavy atom. The Bertz CT molecular complexity index is 961. The van der Waals surface area contributed by atoms with Gasteiger partial charge in [-0.15, -0.1) is 0 Å². The molecule has 0 bridgehead atoms. The summed E-state index contributed by atoms with van der Waals surface area (Å²) in [5.41, 5.74) is -0.533. The minimum Gasteiger partial charge on any atom is -0.370 e. The van der Waals surface area contributed by atoms with E-state index < -0.39 is 37.5 Å². The Kier molecular flexibility index (Phi) is 4.03. The van der Waals surface area contributed by atoms with Gasteiger partial charge in [-0.2, -0.15) is 4.72 Å². The van der Waals surface area contributed by atoms with E-state index in [4.69, 9.17) is 4.74 Å². The second-order valence-electron chi connectivity index (χ2n) is 6.83. The van der Waals surface area contributed by atoms with Crippen molar-refractivity contribution >= 4 is 31.5 Å². The van der Waals surface area contributed by atoms with Gasteiger partial charge in [0.1, 0.15) is 10.5 Å². The van der Waals surface area contributed by atoms with Gasteiger partial charge in [0.25, 0.3) is 5.91 Å².